The van der Waals surface area contributed by atoms with Gasteiger partial charge in [-0.15, -0.1) is 12.4 Å². The number of benzene rings is 1. The zero-order valence-electron chi connectivity index (χ0n) is 12.3. The van der Waals surface area contributed by atoms with Crippen molar-refractivity contribution in [3.63, 3.8) is 0 Å². The summed E-state index contributed by atoms with van der Waals surface area (Å²) in [7, 11) is 0. The van der Waals surface area contributed by atoms with Gasteiger partial charge in [0.2, 0.25) is 0 Å². The SMILES string of the molecule is Cc1ccc(OCC(O)CN2CCCCCC2)cc1.Cl. The van der Waals surface area contributed by atoms with Gasteiger partial charge in [-0.05, 0) is 45.0 Å². The molecule has 0 amide bonds. The molecular weight excluding hydrogens is 274 g/mol. The Labute approximate surface area is 128 Å². The van der Waals surface area contributed by atoms with Crippen LogP contribution in [0.4, 0.5) is 0 Å². The second-order valence-electron chi connectivity index (χ2n) is 5.49. The first-order chi connectivity index (χ1) is 9.24. The van der Waals surface area contributed by atoms with E-state index in [-0.39, 0.29) is 12.4 Å². The molecule has 2 rings (SSSR count). The van der Waals surface area contributed by atoms with E-state index in [4.69, 9.17) is 4.74 Å². The smallest absolute Gasteiger partial charge is 0.119 e. The topological polar surface area (TPSA) is 32.7 Å². The molecule has 0 aromatic heterocycles. The highest BCUT2D eigenvalue weighted by Gasteiger charge is 2.14. The van der Waals surface area contributed by atoms with Crippen molar-refractivity contribution in [1.29, 1.82) is 0 Å². The number of aliphatic hydroxyl groups excluding tert-OH is 1. The van der Waals surface area contributed by atoms with Crippen LogP contribution < -0.4 is 4.74 Å². The fourth-order valence-electron chi connectivity index (χ4n) is 2.50. The third-order valence-electron chi connectivity index (χ3n) is 3.63. The fraction of sp³-hybridized carbons (Fsp3) is 0.625. The van der Waals surface area contributed by atoms with Crippen LogP contribution in [0.15, 0.2) is 24.3 Å². The Morgan fingerprint density at radius 2 is 1.70 bits per heavy atom. The minimum absolute atomic E-state index is 0. The zero-order valence-corrected chi connectivity index (χ0v) is 13.1. The first kappa shape index (κ1) is 17.3. The molecule has 0 aliphatic carbocycles. The van der Waals surface area contributed by atoms with E-state index in [9.17, 15) is 5.11 Å². The molecule has 114 valence electrons. The molecule has 1 unspecified atom stereocenters. The van der Waals surface area contributed by atoms with Crippen molar-refractivity contribution < 1.29 is 9.84 Å². The van der Waals surface area contributed by atoms with Crippen molar-refractivity contribution in [1.82, 2.24) is 4.90 Å². The van der Waals surface area contributed by atoms with Crippen LogP contribution in [-0.4, -0.2) is 42.4 Å². The lowest BCUT2D eigenvalue weighted by molar-refractivity contribution is 0.0693. The number of aryl methyl sites for hydroxylation is 1. The van der Waals surface area contributed by atoms with Crippen molar-refractivity contribution in [3.05, 3.63) is 29.8 Å². The lowest BCUT2D eigenvalue weighted by Crippen LogP contribution is -2.36. The summed E-state index contributed by atoms with van der Waals surface area (Å²) in [6.45, 7) is 5.38. The quantitative estimate of drug-likeness (QED) is 0.907. The number of halogens is 1. The van der Waals surface area contributed by atoms with E-state index in [0.717, 1.165) is 25.4 Å². The predicted octanol–water partition coefficient (Wildman–Crippen LogP) is 3.03. The maximum Gasteiger partial charge on any atom is 0.119 e. The molecule has 1 aliphatic heterocycles. The Hall–Kier alpha value is -0.770. The molecule has 1 saturated heterocycles. The lowest BCUT2D eigenvalue weighted by Gasteiger charge is -2.23. The van der Waals surface area contributed by atoms with Crippen LogP contribution in [0, 0.1) is 6.92 Å². The van der Waals surface area contributed by atoms with Gasteiger partial charge in [-0.25, -0.2) is 0 Å². The van der Waals surface area contributed by atoms with Crippen molar-refractivity contribution in [3.8, 4) is 5.75 Å². The molecule has 0 spiro atoms. The molecule has 1 aromatic carbocycles. The van der Waals surface area contributed by atoms with Crippen LogP contribution >= 0.6 is 12.4 Å². The number of β-amino-alcohol motifs (C(OH)–C–C–N with tert-alkyl or cyclic N) is 1. The molecule has 20 heavy (non-hydrogen) atoms. The number of rotatable bonds is 5. The van der Waals surface area contributed by atoms with E-state index < -0.39 is 6.10 Å². The monoisotopic (exact) mass is 299 g/mol. The third kappa shape index (κ3) is 6.12. The van der Waals surface area contributed by atoms with Crippen molar-refractivity contribution >= 4 is 12.4 Å². The summed E-state index contributed by atoms with van der Waals surface area (Å²) >= 11 is 0. The van der Waals surface area contributed by atoms with Crippen molar-refractivity contribution in [2.24, 2.45) is 0 Å². The largest absolute Gasteiger partial charge is 0.491 e. The highest BCUT2D eigenvalue weighted by molar-refractivity contribution is 5.85. The number of likely N-dealkylation sites (tertiary alicyclic amines) is 1. The van der Waals surface area contributed by atoms with Gasteiger partial charge in [-0.1, -0.05) is 30.5 Å². The highest BCUT2D eigenvalue weighted by Crippen LogP contribution is 2.13. The van der Waals surface area contributed by atoms with Crippen LogP contribution in [0.25, 0.3) is 0 Å². The van der Waals surface area contributed by atoms with Crippen molar-refractivity contribution in [2.75, 3.05) is 26.2 Å². The van der Waals surface area contributed by atoms with Gasteiger partial charge < -0.3 is 14.7 Å². The summed E-state index contributed by atoms with van der Waals surface area (Å²) in [5.74, 6) is 0.834. The molecule has 3 nitrogen and oxygen atoms in total. The van der Waals surface area contributed by atoms with Gasteiger partial charge in [-0.2, -0.15) is 0 Å². The van der Waals surface area contributed by atoms with Gasteiger partial charge in [0.05, 0.1) is 0 Å². The Balaban J connectivity index is 0.00000200. The van der Waals surface area contributed by atoms with Crippen molar-refractivity contribution in [2.45, 2.75) is 38.7 Å². The second kappa shape index (κ2) is 9.22. The minimum atomic E-state index is -0.403. The van der Waals surface area contributed by atoms with Crippen LogP contribution in [0.1, 0.15) is 31.2 Å². The molecule has 1 N–H and O–H groups in total. The molecule has 1 heterocycles. The average Bonchev–Trinajstić information content (AvgIpc) is 2.67. The molecule has 0 radical (unpaired) electrons. The Morgan fingerprint density at radius 1 is 1.10 bits per heavy atom. The van der Waals surface area contributed by atoms with Crippen LogP contribution in [0.2, 0.25) is 0 Å². The molecule has 1 atom stereocenters. The maximum atomic E-state index is 10.0. The first-order valence-corrected chi connectivity index (χ1v) is 7.34. The molecular formula is C16H26ClNO2. The second-order valence-corrected chi connectivity index (χ2v) is 5.49. The Morgan fingerprint density at radius 3 is 2.30 bits per heavy atom. The molecule has 1 aliphatic rings. The van der Waals surface area contributed by atoms with Crippen LogP contribution in [0.5, 0.6) is 5.75 Å². The average molecular weight is 300 g/mol. The summed E-state index contributed by atoms with van der Waals surface area (Å²) in [4.78, 5) is 2.36. The predicted molar refractivity (Wildman–Crippen MR) is 84.8 cm³/mol. The number of hydrogen-bond acceptors (Lipinski definition) is 3. The lowest BCUT2D eigenvalue weighted by atomic mass is 10.2. The molecule has 4 heteroatoms. The van der Waals surface area contributed by atoms with E-state index in [0.29, 0.717) is 6.61 Å². The number of aliphatic hydroxyl groups is 1. The summed E-state index contributed by atoms with van der Waals surface area (Å²) < 4.78 is 5.62. The maximum absolute atomic E-state index is 10.0. The fourth-order valence-corrected chi connectivity index (χ4v) is 2.50. The van der Waals surface area contributed by atoms with E-state index in [1.54, 1.807) is 0 Å². The highest BCUT2D eigenvalue weighted by atomic mass is 35.5. The number of nitrogens with zero attached hydrogens (tertiary/aromatic N) is 1. The third-order valence-corrected chi connectivity index (χ3v) is 3.63. The van der Waals surface area contributed by atoms with Gasteiger partial charge in [-0.3, -0.25) is 0 Å². The van der Waals surface area contributed by atoms with E-state index in [1.165, 1.54) is 31.2 Å². The summed E-state index contributed by atoms with van der Waals surface area (Å²) in [6.07, 6.45) is 4.76. The van der Waals surface area contributed by atoms with Crippen LogP contribution in [0.3, 0.4) is 0 Å². The summed E-state index contributed by atoms with van der Waals surface area (Å²) in [5.41, 5.74) is 1.22. The van der Waals surface area contributed by atoms with Gasteiger partial charge in [0.1, 0.15) is 18.5 Å². The Kier molecular flexibility index (Phi) is 7.97. The normalized spacial score (nSPS) is 17.9. The molecule has 0 bridgehead atoms. The summed E-state index contributed by atoms with van der Waals surface area (Å²) in [6, 6.07) is 7.95. The summed E-state index contributed by atoms with van der Waals surface area (Å²) in [5, 5.41) is 10.0. The van der Waals surface area contributed by atoms with E-state index >= 15 is 0 Å². The molecule has 1 aromatic rings. The Bertz CT molecular complexity index is 361. The van der Waals surface area contributed by atoms with Gasteiger partial charge in [0.25, 0.3) is 0 Å². The standard InChI is InChI=1S/C16H25NO2.ClH/c1-14-6-8-16(9-7-14)19-13-15(18)12-17-10-4-2-3-5-11-17;/h6-9,15,18H,2-5,10-13H2,1H3;1H. The van der Waals surface area contributed by atoms with Gasteiger partial charge in [0.15, 0.2) is 0 Å². The van der Waals surface area contributed by atoms with Crippen LogP contribution in [-0.2, 0) is 0 Å². The van der Waals surface area contributed by atoms with Gasteiger partial charge in [0, 0.05) is 6.54 Å². The number of hydrogen-bond donors (Lipinski definition) is 1. The minimum Gasteiger partial charge on any atom is -0.491 e. The van der Waals surface area contributed by atoms with E-state index in [1.807, 2.05) is 24.3 Å². The zero-order chi connectivity index (χ0) is 13.5. The van der Waals surface area contributed by atoms with E-state index in [2.05, 4.69) is 11.8 Å². The van der Waals surface area contributed by atoms with Gasteiger partial charge >= 0.3 is 0 Å². The first-order valence-electron chi connectivity index (χ1n) is 7.34. The molecule has 0 saturated carbocycles. The number of ether oxygens (including phenoxy) is 1. The molecule has 1 fully saturated rings.